The number of nitrogens with zero attached hydrogens (tertiary/aromatic N) is 1. The van der Waals surface area contributed by atoms with Crippen LogP contribution in [0, 0.1) is 0 Å². The van der Waals surface area contributed by atoms with Gasteiger partial charge in [0.25, 0.3) is 0 Å². The van der Waals surface area contributed by atoms with E-state index in [0.717, 1.165) is 17.9 Å². The van der Waals surface area contributed by atoms with Gasteiger partial charge in [0.1, 0.15) is 5.75 Å². The second-order valence-corrected chi connectivity index (χ2v) is 3.51. The van der Waals surface area contributed by atoms with E-state index in [1.807, 2.05) is 18.3 Å². The molecule has 2 heteroatoms. The lowest BCUT2D eigenvalue weighted by molar-refractivity contribution is 0.412. The summed E-state index contributed by atoms with van der Waals surface area (Å²) in [6.45, 7) is 4.42. The molecule has 1 atom stereocenters. The number of hydrogen-bond donors (Lipinski definition) is 0. The van der Waals surface area contributed by atoms with Crippen LogP contribution in [0.3, 0.4) is 0 Å². The fraction of sp³-hybridized carbons (Fsp3) is 0.583. The molecule has 1 aromatic rings. The average molecular weight is 193 g/mol. The summed E-state index contributed by atoms with van der Waals surface area (Å²) in [5.41, 5.74) is 1.16. The van der Waals surface area contributed by atoms with Crippen LogP contribution in [0.1, 0.15) is 44.7 Å². The van der Waals surface area contributed by atoms with Crippen LogP contribution in [0.5, 0.6) is 5.75 Å². The number of hydrogen-bond acceptors (Lipinski definition) is 2. The minimum absolute atomic E-state index is 0.579. The lowest BCUT2D eigenvalue weighted by atomic mass is 9.96. The maximum atomic E-state index is 5.19. The van der Waals surface area contributed by atoms with Crippen molar-refractivity contribution >= 4 is 0 Å². The van der Waals surface area contributed by atoms with Crippen molar-refractivity contribution in [2.24, 2.45) is 0 Å². The maximum absolute atomic E-state index is 5.19. The molecule has 2 nitrogen and oxygen atoms in total. The molecular weight excluding hydrogens is 174 g/mol. The lowest BCUT2D eigenvalue weighted by Gasteiger charge is -2.13. The molecule has 1 aromatic heterocycles. The molecule has 1 unspecified atom stereocenters. The molecule has 0 saturated carbocycles. The van der Waals surface area contributed by atoms with E-state index in [0.29, 0.717) is 5.92 Å². The van der Waals surface area contributed by atoms with E-state index in [-0.39, 0.29) is 0 Å². The van der Waals surface area contributed by atoms with Crippen LogP contribution in [0.4, 0.5) is 0 Å². The molecule has 0 spiro atoms. The van der Waals surface area contributed by atoms with Crippen LogP contribution < -0.4 is 4.74 Å². The highest BCUT2D eigenvalue weighted by atomic mass is 16.5. The molecule has 0 radical (unpaired) electrons. The molecule has 0 aliphatic heterocycles. The Labute approximate surface area is 86.3 Å². The Bertz CT molecular complexity index is 273. The number of aromatic nitrogens is 1. The van der Waals surface area contributed by atoms with E-state index in [1.165, 1.54) is 12.8 Å². The van der Waals surface area contributed by atoms with Gasteiger partial charge in [-0.05, 0) is 18.9 Å². The lowest BCUT2D eigenvalue weighted by Crippen LogP contribution is -2.00. The fourth-order valence-corrected chi connectivity index (χ4v) is 1.69. The zero-order valence-electron chi connectivity index (χ0n) is 9.29. The second-order valence-electron chi connectivity index (χ2n) is 3.51. The fourth-order valence-electron chi connectivity index (χ4n) is 1.69. The average Bonchev–Trinajstić information content (AvgIpc) is 2.26. The first-order valence-corrected chi connectivity index (χ1v) is 5.31. The van der Waals surface area contributed by atoms with Gasteiger partial charge in [0.05, 0.1) is 7.11 Å². The van der Waals surface area contributed by atoms with Gasteiger partial charge < -0.3 is 4.74 Å². The molecular formula is C12H19NO. The van der Waals surface area contributed by atoms with E-state index in [4.69, 9.17) is 4.74 Å². The van der Waals surface area contributed by atoms with Gasteiger partial charge in [0.15, 0.2) is 0 Å². The van der Waals surface area contributed by atoms with Crippen LogP contribution in [-0.4, -0.2) is 12.1 Å². The Kier molecular flexibility index (Phi) is 4.44. The maximum Gasteiger partial charge on any atom is 0.122 e. The van der Waals surface area contributed by atoms with Crippen molar-refractivity contribution in [1.29, 1.82) is 0 Å². The monoisotopic (exact) mass is 193 g/mol. The molecule has 1 rings (SSSR count). The van der Waals surface area contributed by atoms with Crippen molar-refractivity contribution in [2.45, 2.75) is 39.0 Å². The summed E-state index contributed by atoms with van der Waals surface area (Å²) in [6.07, 6.45) is 5.38. The predicted octanol–water partition coefficient (Wildman–Crippen LogP) is 3.38. The normalized spacial score (nSPS) is 12.5. The summed E-state index contributed by atoms with van der Waals surface area (Å²) >= 11 is 0. The predicted molar refractivity (Wildman–Crippen MR) is 58.7 cm³/mol. The van der Waals surface area contributed by atoms with Crippen molar-refractivity contribution in [1.82, 2.24) is 4.98 Å². The highest BCUT2D eigenvalue weighted by Gasteiger charge is 2.09. The number of pyridine rings is 1. The van der Waals surface area contributed by atoms with E-state index in [2.05, 4.69) is 18.8 Å². The molecule has 0 bridgehead atoms. The largest absolute Gasteiger partial charge is 0.497 e. The van der Waals surface area contributed by atoms with Gasteiger partial charge in [-0.1, -0.05) is 20.3 Å². The number of ether oxygens (including phenoxy) is 1. The summed E-state index contributed by atoms with van der Waals surface area (Å²) in [7, 11) is 1.69. The molecule has 0 aliphatic carbocycles. The van der Waals surface area contributed by atoms with Gasteiger partial charge in [-0.25, -0.2) is 0 Å². The molecule has 0 aromatic carbocycles. The molecule has 0 fully saturated rings. The van der Waals surface area contributed by atoms with Crippen LogP contribution in [0.2, 0.25) is 0 Å². The van der Waals surface area contributed by atoms with Crippen molar-refractivity contribution in [3.63, 3.8) is 0 Å². The summed E-state index contributed by atoms with van der Waals surface area (Å²) in [4.78, 5) is 4.40. The van der Waals surface area contributed by atoms with E-state index < -0.39 is 0 Å². The number of rotatable bonds is 5. The van der Waals surface area contributed by atoms with E-state index >= 15 is 0 Å². The van der Waals surface area contributed by atoms with Gasteiger partial charge in [0, 0.05) is 23.9 Å². The standard InChI is InChI=1S/C12H19NO/c1-4-6-10(5-2)12-9-11(14-3)7-8-13-12/h7-10H,4-6H2,1-3H3. The zero-order valence-corrected chi connectivity index (χ0v) is 9.29. The van der Waals surface area contributed by atoms with Crippen LogP contribution >= 0.6 is 0 Å². The molecule has 0 amide bonds. The van der Waals surface area contributed by atoms with Crippen LogP contribution in [0.15, 0.2) is 18.3 Å². The Morgan fingerprint density at radius 1 is 1.43 bits per heavy atom. The molecule has 14 heavy (non-hydrogen) atoms. The van der Waals surface area contributed by atoms with Crippen LogP contribution in [0.25, 0.3) is 0 Å². The third kappa shape index (κ3) is 2.72. The summed E-state index contributed by atoms with van der Waals surface area (Å²) in [6, 6.07) is 3.94. The quantitative estimate of drug-likeness (QED) is 0.715. The Morgan fingerprint density at radius 2 is 2.21 bits per heavy atom. The summed E-state index contributed by atoms with van der Waals surface area (Å²) < 4.78 is 5.19. The Hall–Kier alpha value is -1.05. The molecule has 0 saturated heterocycles. The zero-order chi connectivity index (χ0) is 10.4. The summed E-state index contributed by atoms with van der Waals surface area (Å²) in [5, 5.41) is 0. The highest BCUT2D eigenvalue weighted by Crippen LogP contribution is 2.25. The topological polar surface area (TPSA) is 22.1 Å². The molecule has 0 N–H and O–H groups in total. The highest BCUT2D eigenvalue weighted by molar-refractivity contribution is 5.24. The third-order valence-corrected chi connectivity index (χ3v) is 2.54. The third-order valence-electron chi connectivity index (χ3n) is 2.54. The first-order chi connectivity index (χ1) is 6.81. The molecule has 0 aliphatic rings. The van der Waals surface area contributed by atoms with E-state index in [1.54, 1.807) is 7.11 Å². The summed E-state index contributed by atoms with van der Waals surface area (Å²) in [5.74, 6) is 1.49. The Balaban J connectivity index is 2.80. The van der Waals surface area contributed by atoms with Crippen molar-refractivity contribution < 1.29 is 4.74 Å². The minimum Gasteiger partial charge on any atom is -0.497 e. The van der Waals surface area contributed by atoms with Crippen molar-refractivity contribution in [3.8, 4) is 5.75 Å². The molecule has 78 valence electrons. The van der Waals surface area contributed by atoms with Crippen molar-refractivity contribution in [3.05, 3.63) is 24.0 Å². The first kappa shape index (κ1) is 11.0. The van der Waals surface area contributed by atoms with Crippen molar-refractivity contribution in [2.75, 3.05) is 7.11 Å². The van der Waals surface area contributed by atoms with Gasteiger partial charge in [-0.2, -0.15) is 0 Å². The smallest absolute Gasteiger partial charge is 0.122 e. The minimum atomic E-state index is 0.579. The van der Waals surface area contributed by atoms with Gasteiger partial charge in [-0.3, -0.25) is 4.98 Å². The van der Waals surface area contributed by atoms with Crippen LogP contribution in [-0.2, 0) is 0 Å². The number of methoxy groups -OCH3 is 1. The Morgan fingerprint density at radius 3 is 2.79 bits per heavy atom. The first-order valence-electron chi connectivity index (χ1n) is 5.31. The van der Waals surface area contributed by atoms with Gasteiger partial charge in [0.2, 0.25) is 0 Å². The SMILES string of the molecule is CCCC(CC)c1cc(OC)ccn1. The van der Waals surface area contributed by atoms with Gasteiger partial charge >= 0.3 is 0 Å². The molecule has 1 heterocycles. The van der Waals surface area contributed by atoms with Gasteiger partial charge in [-0.15, -0.1) is 0 Å². The second kappa shape index (κ2) is 5.63. The van der Waals surface area contributed by atoms with E-state index in [9.17, 15) is 0 Å².